The van der Waals surface area contributed by atoms with Crippen molar-refractivity contribution in [2.45, 2.75) is 42.4 Å². The van der Waals surface area contributed by atoms with Gasteiger partial charge in [-0.15, -0.1) is 0 Å². The highest BCUT2D eigenvalue weighted by molar-refractivity contribution is 7.98. The molecule has 0 heterocycles. The largest absolute Gasteiger partial charge is 0.508 e. The molecule has 0 saturated heterocycles. The summed E-state index contributed by atoms with van der Waals surface area (Å²) < 4.78 is 41.5. The van der Waals surface area contributed by atoms with E-state index >= 15 is 0 Å². The van der Waals surface area contributed by atoms with Gasteiger partial charge in [-0.1, -0.05) is 42.5 Å². The molecule has 0 unspecified atom stereocenters. The molecule has 2 aromatic carbocycles. The van der Waals surface area contributed by atoms with Crippen LogP contribution in [-0.2, 0) is 10.5 Å². The van der Waals surface area contributed by atoms with Gasteiger partial charge in [0.1, 0.15) is 17.3 Å². The first-order valence-electron chi connectivity index (χ1n) is 9.69. The Morgan fingerprint density at radius 1 is 1.16 bits per heavy atom. The van der Waals surface area contributed by atoms with Gasteiger partial charge in [0.05, 0.1) is 12.1 Å². The van der Waals surface area contributed by atoms with Crippen LogP contribution in [0.3, 0.4) is 0 Å². The van der Waals surface area contributed by atoms with Crippen LogP contribution < -0.4 is 10.6 Å². The fraction of sp³-hybridized carbons (Fsp3) is 0.364. The normalized spacial score (nSPS) is 16.7. The standard InChI is InChI=1S/C22H22F3N3O2S/c23-22(24,25)19(16-6-8-17(29)9-7-16)27-18(20(30)28-21(14-26)10-11-21)13-31-12-15-4-2-1-3-5-15/h1-9,18-19,27,29H,10-13H2,(H,28,30)/t18-,19-/m0/s1. The van der Waals surface area contributed by atoms with E-state index in [1.54, 1.807) is 0 Å². The molecule has 5 nitrogen and oxygen atoms in total. The van der Waals surface area contributed by atoms with Gasteiger partial charge >= 0.3 is 6.18 Å². The van der Waals surface area contributed by atoms with Crippen molar-refractivity contribution in [1.29, 1.82) is 5.26 Å². The van der Waals surface area contributed by atoms with Gasteiger partial charge in [-0.3, -0.25) is 10.1 Å². The van der Waals surface area contributed by atoms with E-state index < -0.39 is 29.7 Å². The Morgan fingerprint density at radius 2 is 1.81 bits per heavy atom. The summed E-state index contributed by atoms with van der Waals surface area (Å²) in [6.45, 7) is 0. The summed E-state index contributed by atoms with van der Waals surface area (Å²) in [5.74, 6) is -0.159. The number of phenols is 1. The Morgan fingerprint density at radius 3 is 2.35 bits per heavy atom. The maximum Gasteiger partial charge on any atom is 0.407 e. The number of amides is 1. The van der Waals surface area contributed by atoms with Crippen LogP contribution in [0.1, 0.15) is 30.0 Å². The minimum Gasteiger partial charge on any atom is -0.508 e. The highest BCUT2D eigenvalue weighted by Gasteiger charge is 2.47. The molecule has 1 aliphatic carbocycles. The van der Waals surface area contributed by atoms with Crippen molar-refractivity contribution in [3.05, 3.63) is 65.7 Å². The highest BCUT2D eigenvalue weighted by Crippen LogP contribution is 2.36. The number of hydrogen-bond donors (Lipinski definition) is 3. The third-order valence-electron chi connectivity index (χ3n) is 4.96. The third kappa shape index (κ3) is 6.39. The highest BCUT2D eigenvalue weighted by atomic mass is 32.2. The van der Waals surface area contributed by atoms with Gasteiger partial charge in [-0.25, -0.2) is 0 Å². The molecule has 1 fully saturated rings. The van der Waals surface area contributed by atoms with E-state index in [0.717, 1.165) is 5.56 Å². The topological polar surface area (TPSA) is 85.2 Å². The molecule has 31 heavy (non-hydrogen) atoms. The molecule has 2 atom stereocenters. The van der Waals surface area contributed by atoms with Gasteiger partial charge < -0.3 is 10.4 Å². The number of alkyl halides is 3. The SMILES string of the molecule is N#CC1(NC(=O)[C@H](CSCc2ccccc2)N[C@@H](c2ccc(O)cc2)C(F)(F)F)CC1. The predicted octanol–water partition coefficient (Wildman–Crippen LogP) is 4.06. The molecule has 3 N–H and O–H groups in total. The molecule has 0 radical (unpaired) electrons. The number of halogens is 3. The van der Waals surface area contributed by atoms with Gasteiger partial charge in [-0.2, -0.15) is 30.2 Å². The summed E-state index contributed by atoms with van der Waals surface area (Å²) in [7, 11) is 0. The molecule has 1 aliphatic rings. The number of nitrogens with one attached hydrogen (secondary N) is 2. The van der Waals surface area contributed by atoms with E-state index in [2.05, 4.69) is 10.6 Å². The maximum atomic E-state index is 13.8. The van der Waals surface area contributed by atoms with Crippen LogP contribution in [0.5, 0.6) is 5.75 Å². The number of carbonyl (C=O) groups is 1. The Bertz CT molecular complexity index is 926. The van der Waals surface area contributed by atoms with E-state index in [9.17, 15) is 28.3 Å². The molecule has 164 valence electrons. The van der Waals surface area contributed by atoms with Crippen LogP contribution in [0, 0.1) is 11.3 Å². The van der Waals surface area contributed by atoms with E-state index in [0.29, 0.717) is 18.6 Å². The van der Waals surface area contributed by atoms with Gasteiger partial charge in [0.2, 0.25) is 5.91 Å². The molecule has 0 aromatic heterocycles. The fourth-order valence-corrected chi connectivity index (χ4v) is 4.06. The van der Waals surface area contributed by atoms with E-state index in [1.807, 2.05) is 36.4 Å². The fourth-order valence-electron chi connectivity index (χ4n) is 3.03. The second-order valence-corrected chi connectivity index (χ2v) is 8.50. The molecule has 3 rings (SSSR count). The molecular weight excluding hydrogens is 427 g/mol. The monoisotopic (exact) mass is 449 g/mol. The van der Waals surface area contributed by atoms with Crippen LogP contribution in [0.2, 0.25) is 0 Å². The average molecular weight is 449 g/mol. The number of rotatable bonds is 9. The van der Waals surface area contributed by atoms with Crippen LogP contribution in [-0.4, -0.2) is 34.5 Å². The minimum atomic E-state index is -4.66. The van der Waals surface area contributed by atoms with Crippen LogP contribution in [0.25, 0.3) is 0 Å². The Kier molecular flexibility index (Phi) is 7.13. The number of hydrogen-bond acceptors (Lipinski definition) is 5. The lowest BCUT2D eigenvalue weighted by molar-refractivity contribution is -0.160. The summed E-state index contributed by atoms with van der Waals surface area (Å²) in [6, 6.07) is 12.9. The summed E-state index contributed by atoms with van der Waals surface area (Å²) in [5.41, 5.74) is -0.0984. The Balaban J connectivity index is 1.76. The van der Waals surface area contributed by atoms with Crippen molar-refractivity contribution in [2.24, 2.45) is 0 Å². The average Bonchev–Trinajstić information content (AvgIpc) is 3.51. The lowest BCUT2D eigenvalue weighted by atomic mass is 10.0. The first-order valence-corrected chi connectivity index (χ1v) is 10.8. The molecule has 1 saturated carbocycles. The van der Waals surface area contributed by atoms with Crippen molar-refractivity contribution in [1.82, 2.24) is 10.6 Å². The number of phenolic OH excluding ortho intramolecular Hbond substituents is 1. The number of nitrogens with zero attached hydrogens (tertiary/aromatic N) is 1. The van der Waals surface area contributed by atoms with E-state index in [1.165, 1.54) is 36.0 Å². The summed E-state index contributed by atoms with van der Waals surface area (Å²) in [6.07, 6.45) is -3.69. The molecule has 0 aliphatic heterocycles. The second-order valence-electron chi connectivity index (χ2n) is 7.47. The van der Waals surface area contributed by atoms with E-state index in [-0.39, 0.29) is 17.1 Å². The lowest BCUT2D eigenvalue weighted by Gasteiger charge is -2.28. The van der Waals surface area contributed by atoms with Gasteiger partial charge in [-0.05, 0) is 36.1 Å². The van der Waals surface area contributed by atoms with Crippen LogP contribution in [0.4, 0.5) is 13.2 Å². The molecule has 0 bridgehead atoms. The number of benzene rings is 2. The number of nitriles is 1. The van der Waals surface area contributed by atoms with Crippen LogP contribution >= 0.6 is 11.8 Å². The van der Waals surface area contributed by atoms with Crippen molar-refractivity contribution in [3.8, 4) is 11.8 Å². The molecular formula is C22H22F3N3O2S. The van der Waals surface area contributed by atoms with Gasteiger partial charge in [0.25, 0.3) is 0 Å². The minimum absolute atomic E-state index is 0.0902. The maximum absolute atomic E-state index is 13.8. The van der Waals surface area contributed by atoms with Crippen molar-refractivity contribution >= 4 is 17.7 Å². The predicted molar refractivity (Wildman–Crippen MR) is 112 cm³/mol. The third-order valence-corrected chi connectivity index (χ3v) is 6.07. The first-order chi connectivity index (χ1) is 14.7. The molecule has 0 spiro atoms. The number of thioether (sulfide) groups is 1. The van der Waals surface area contributed by atoms with Gasteiger partial charge in [0.15, 0.2) is 0 Å². The first kappa shape index (κ1) is 23.0. The van der Waals surface area contributed by atoms with Crippen molar-refractivity contribution in [2.75, 3.05) is 5.75 Å². The summed E-state index contributed by atoms with van der Waals surface area (Å²) in [4.78, 5) is 12.8. The van der Waals surface area contributed by atoms with Gasteiger partial charge in [0, 0.05) is 11.5 Å². The Hall–Kier alpha value is -2.70. The number of carbonyl (C=O) groups excluding carboxylic acids is 1. The Labute approximate surface area is 182 Å². The second kappa shape index (κ2) is 9.62. The molecule has 1 amide bonds. The summed E-state index contributed by atoms with van der Waals surface area (Å²) in [5, 5.41) is 23.7. The number of aromatic hydroxyl groups is 1. The zero-order valence-electron chi connectivity index (χ0n) is 16.5. The zero-order valence-corrected chi connectivity index (χ0v) is 17.3. The van der Waals surface area contributed by atoms with Crippen molar-refractivity contribution < 1.29 is 23.1 Å². The lowest BCUT2D eigenvalue weighted by Crippen LogP contribution is -2.52. The molecule has 9 heteroatoms. The van der Waals surface area contributed by atoms with E-state index in [4.69, 9.17) is 0 Å². The van der Waals surface area contributed by atoms with Crippen LogP contribution in [0.15, 0.2) is 54.6 Å². The smallest absolute Gasteiger partial charge is 0.407 e. The molecule has 2 aromatic rings. The quantitative estimate of drug-likeness (QED) is 0.538. The van der Waals surface area contributed by atoms with Crippen molar-refractivity contribution in [3.63, 3.8) is 0 Å². The zero-order chi connectivity index (χ0) is 22.5. The summed E-state index contributed by atoms with van der Waals surface area (Å²) >= 11 is 1.33.